The smallest absolute Gasteiger partial charge is 0.237 e. The third-order valence-corrected chi connectivity index (χ3v) is 3.25. The zero-order chi connectivity index (χ0) is 13.4. The Hall–Kier alpha value is -1.04. The molecular formula is C13H20N2O2S. The van der Waals surface area contributed by atoms with Gasteiger partial charge >= 0.3 is 0 Å². The van der Waals surface area contributed by atoms with Crippen LogP contribution in [0.4, 0.5) is 0 Å². The number of carbonyl (C=O) groups is 1. The summed E-state index contributed by atoms with van der Waals surface area (Å²) in [6, 6.07) is 7.04. The number of hydrogen-bond donors (Lipinski definition) is 3. The van der Waals surface area contributed by atoms with E-state index in [1.165, 1.54) is 0 Å². The SMILES string of the molecule is CSCC[C@@H](N)C(=O)NCc1cccc(CO)c1. The molecule has 0 saturated carbocycles. The molecule has 0 aliphatic rings. The molecule has 1 rings (SSSR count). The molecule has 0 fully saturated rings. The molecular weight excluding hydrogens is 248 g/mol. The zero-order valence-corrected chi connectivity index (χ0v) is 11.4. The fourth-order valence-electron chi connectivity index (χ4n) is 1.53. The number of nitrogens with two attached hydrogens (primary N) is 1. The predicted octanol–water partition coefficient (Wildman–Crippen LogP) is 0.875. The summed E-state index contributed by atoms with van der Waals surface area (Å²) < 4.78 is 0. The van der Waals surface area contributed by atoms with E-state index in [9.17, 15) is 4.79 Å². The Kier molecular flexibility index (Phi) is 6.78. The molecule has 0 aromatic heterocycles. The van der Waals surface area contributed by atoms with Crippen molar-refractivity contribution in [3.63, 3.8) is 0 Å². The van der Waals surface area contributed by atoms with Gasteiger partial charge in [-0.1, -0.05) is 24.3 Å². The molecule has 4 N–H and O–H groups in total. The summed E-state index contributed by atoms with van der Waals surface area (Å²) in [5.74, 6) is 0.757. The minimum atomic E-state index is -0.446. The highest BCUT2D eigenvalue weighted by atomic mass is 32.2. The Morgan fingerprint density at radius 3 is 2.89 bits per heavy atom. The molecule has 0 aliphatic heterocycles. The average molecular weight is 268 g/mol. The van der Waals surface area contributed by atoms with Crippen molar-refractivity contribution in [2.45, 2.75) is 25.6 Å². The van der Waals surface area contributed by atoms with Crippen molar-refractivity contribution in [3.05, 3.63) is 35.4 Å². The lowest BCUT2D eigenvalue weighted by molar-refractivity contribution is -0.122. The Morgan fingerprint density at radius 2 is 2.22 bits per heavy atom. The maximum atomic E-state index is 11.7. The number of thioether (sulfide) groups is 1. The van der Waals surface area contributed by atoms with Crippen molar-refractivity contribution in [1.29, 1.82) is 0 Å². The minimum absolute atomic E-state index is 0.00895. The molecule has 4 nitrogen and oxygen atoms in total. The third-order valence-electron chi connectivity index (χ3n) is 2.61. The van der Waals surface area contributed by atoms with Gasteiger partial charge in [-0.2, -0.15) is 11.8 Å². The predicted molar refractivity (Wildman–Crippen MR) is 75.2 cm³/mol. The summed E-state index contributed by atoms with van der Waals surface area (Å²) in [6.45, 7) is 0.453. The number of nitrogens with one attached hydrogen (secondary N) is 1. The largest absolute Gasteiger partial charge is 0.392 e. The molecule has 0 unspecified atom stereocenters. The second-order valence-electron chi connectivity index (χ2n) is 4.08. The summed E-state index contributed by atoms with van der Waals surface area (Å²) in [5, 5.41) is 11.8. The minimum Gasteiger partial charge on any atom is -0.392 e. The Morgan fingerprint density at radius 1 is 1.50 bits per heavy atom. The first-order valence-corrected chi connectivity index (χ1v) is 7.27. The van der Waals surface area contributed by atoms with Gasteiger partial charge in [-0.3, -0.25) is 4.79 Å². The summed E-state index contributed by atoms with van der Waals surface area (Å²) in [5.41, 5.74) is 7.56. The first kappa shape index (κ1) is 15.0. The van der Waals surface area contributed by atoms with E-state index in [0.29, 0.717) is 13.0 Å². The molecule has 0 bridgehead atoms. The number of aliphatic hydroxyl groups excluding tert-OH is 1. The van der Waals surface area contributed by atoms with Gasteiger partial charge in [0.05, 0.1) is 12.6 Å². The van der Waals surface area contributed by atoms with Gasteiger partial charge in [-0.25, -0.2) is 0 Å². The number of hydrogen-bond acceptors (Lipinski definition) is 4. The lowest BCUT2D eigenvalue weighted by Gasteiger charge is -2.12. The van der Waals surface area contributed by atoms with Crippen LogP contribution in [0.25, 0.3) is 0 Å². The molecule has 0 aliphatic carbocycles. The normalized spacial score (nSPS) is 12.2. The van der Waals surface area contributed by atoms with Crippen LogP contribution in [0.1, 0.15) is 17.5 Å². The second-order valence-corrected chi connectivity index (χ2v) is 5.07. The second kappa shape index (κ2) is 8.13. The number of carbonyl (C=O) groups excluding carboxylic acids is 1. The van der Waals surface area contributed by atoms with Crippen molar-refractivity contribution in [3.8, 4) is 0 Å². The molecule has 0 radical (unpaired) electrons. The maximum Gasteiger partial charge on any atom is 0.237 e. The van der Waals surface area contributed by atoms with Crippen LogP contribution >= 0.6 is 11.8 Å². The Labute approximate surface area is 112 Å². The van der Waals surface area contributed by atoms with E-state index in [0.717, 1.165) is 16.9 Å². The maximum absolute atomic E-state index is 11.7. The molecule has 100 valence electrons. The Balaban J connectivity index is 2.41. The van der Waals surface area contributed by atoms with Gasteiger partial charge in [-0.15, -0.1) is 0 Å². The number of rotatable bonds is 7. The highest BCUT2D eigenvalue weighted by molar-refractivity contribution is 7.98. The highest BCUT2D eigenvalue weighted by Crippen LogP contribution is 2.05. The van der Waals surface area contributed by atoms with Crippen LogP contribution in [0.5, 0.6) is 0 Å². The van der Waals surface area contributed by atoms with E-state index in [1.807, 2.05) is 30.5 Å². The van der Waals surface area contributed by atoms with Crippen LogP contribution in [-0.2, 0) is 17.9 Å². The van der Waals surface area contributed by atoms with Gasteiger partial charge in [0.2, 0.25) is 5.91 Å². The molecule has 1 atom stereocenters. The van der Waals surface area contributed by atoms with E-state index >= 15 is 0 Å². The van der Waals surface area contributed by atoms with Gasteiger partial charge in [0.15, 0.2) is 0 Å². The first-order valence-electron chi connectivity index (χ1n) is 5.88. The third kappa shape index (κ3) is 5.08. The fourth-order valence-corrected chi connectivity index (χ4v) is 2.02. The lowest BCUT2D eigenvalue weighted by atomic mass is 10.1. The van der Waals surface area contributed by atoms with Crippen molar-refractivity contribution in [1.82, 2.24) is 5.32 Å². The van der Waals surface area contributed by atoms with Gasteiger partial charge in [-0.05, 0) is 29.6 Å². The van der Waals surface area contributed by atoms with Gasteiger partial charge < -0.3 is 16.2 Å². The molecule has 0 heterocycles. The molecule has 0 spiro atoms. The molecule has 18 heavy (non-hydrogen) atoms. The lowest BCUT2D eigenvalue weighted by Crippen LogP contribution is -2.40. The van der Waals surface area contributed by atoms with Crippen LogP contribution in [0.3, 0.4) is 0 Å². The quantitative estimate of drug-likeness (QED) is 0.686. The van der Waals surface area contributed by atoms with E-state index in [2.05, 4.69) is 5.32 Å². The number of aliphatic hydroxyl groups is 1. The van der Waals surface area contributed by atoms with Crippen molar-refractivity contribution < 1.29 is 9.90 Å². The zero-order valence-electron chi connectivity index (χ0n) is 10.6. The van der Waals surface area contributed by atoms with Crippen LogP contribution < -0.4 is 11.1 Å². The van der Waals surface area contributed by atoms with Crippen molar-refractivity contribution in [2.75, 3.05) is 12.0 Å². The molecule has 1 aromatic rings. The van der Waals surface area contributed by atoms with Crippen LogP contribution in [0.15, 0.2) is 24.3 Å². The van der Waals surface area contributed by atoms with E-state index < -0.39 is 6.04 Å². The highest BCUT2D eigenvalue weighted by Gasteiger charge is 2.12. The summed E-state index contributed by atoms with van der Waals surface area (Å²) >= 11 is 1.68. The first-order chi connectivity index (χ1) is 8.67. The van der Waals surface area contributed by atoms with Crippen LogP contribution in [0, 0.1) is 0 Å². The van der Waals surface area contributed by atoms with Crippen LogP contribution in [0.2, 0.25) is 0 Å². The topological polar surface area (TPSA) is 75.4 Å². The molecule has 1 amide bonds. The average Bonchev–Trinajstić information content (AvgIpc) is 2.42. The van der Waals surface area contributed by atoms with E-state index in [1.54, 1.807) is 11.8 Å². The van der Waals surface area contributed by atoms with Gasteiger partial charge in [0.25, 0.3) is 0 Å². The monoisotopic (exact) mass is 268 g/mol. The summed E-state index contributed by atoms with van der Waals surface area (Å²) in [6.07, 6.45) is 2.68. The molecule has 1 aromatic carbocycles. The fraction of sp³-hybridized carbons (Fsp3) is 0.462. The van der Waals surface area contributed by atoms with E-state index in [4.69, 9.17) is 10.8 Å². The van der Waals surface area contributed by atoms with E-state index in [-0.39, 0.29) is 12.5 Å². The van der Waals surface area contributed by atoms with Crippen molar-refractivity contribution in [2.24, 2.45) is 5.73 Å². The summed E-state index contributed by atoms with van der Waals surface area (Å²) in [7, 11) is 0. The standard InChI is InChI=1S/C13H20N2O2S/c1-18-6-5-12(14)13(17)15-8-10-3-2-4-11(7-10)9-16/h2-4,7,12,16H,5-6,8-9,14H2,1H3,(H,15,17)/t12-/m1/s1. The van der Waals surface area contributed by atoms with Gasteiger partial charge in [0.1, 0.15) is 0 Å². The Bertz CT molecular complexity index is 385. The van der Waals surface area contributed by atoms with Gasteiger partial charge in [0, 0.05) is 6.54 Å². The van der Waals surface area contributed by atoms with Crippen molar-refractivity contribution >= 4 is 17.7 Å². The molecule has 0 saturated heterocycles. The van der Waals surface area contributed by atoms with Crippen LogP contribution in [-0.4, -0.2) is 29.1 Å². The number of amides is 1. The summed E-state index contributed by atoms with van der Waals surface area (Å²) in [4.78, 5) is 11.7. The molecule has 5 heteroatoms. The number of benzene rings is 1.